The van der Waals surface area contributed by atoms with Crippen LogP contribution < -0.4 is 5.32 Å². The lowest BCUT2D eigenvalue weighted by Gasteiger charge is -2.09. The van der Waals surface area contributed by atoms with E-state index in [0.29, 0.717) is 22.9 Å². The third-order valence-electron chi connectivity index (χ3n) is 3.55. The number of thioether (sulfide) groups is 1. The van der Waals surface area contributed by atoms with E-state index < -0.39 is 12.1 Å². The van der Waals surface area contributed by atoms with E-state index >= 15 is 0 Å². The maximum atomic E-state index is 12.3. The van der Waals surface area contributed by atoms with E-state index in [1.165, 1.54) is 0 Å². The predicted octanol–water partition coefficient (Wildman–Crippen LogP) is 2.56. The van der Waals surface area contributed by atoms with Gasteiger partial charge in [-0.15, -0.1) is 10.2 Å². The maximum absolute atomic E-state index is 12.3. The van der Waals surface area contributed by atoms with Gasteiger partial charge in [-0.3, -0.25) is 9.69 Å². The Labute approximate surface area is 147 Å². The topological polar surface area (TPSA) is 88.3 Å². The molecule has 24 heavy (non-hydrogen) atoms. The number of rotatable bonds is 6. The van der Waals surface area contributed by atoms with Crippen LogP contribution >= 0.6 is 23.4 Å². The molecule has 1 N–H and O–H groups in total. The summed E-state index contributed by atoms with van der Waals surface area (Å²) in [5.41, 5.74) is 0.677. The van der Waals surface area contributed by atoms with E-state index in [9.17, 15) is 9.59 Å². The van der Waals surface area contributed by atoms with Crippen molar-refractivity contribution >= 4 is 35.3 Å². The number of nitrogens with one attached hydrogen (secondary N) is 1. The molecule has 7 nitrogen and oxygen atoms in total. The van der Waals surface area contributed by atoms with Crippen molar-refractivity contribution < 1.29 is 14.0 Å². The molecule has 0 bridgehead atoms. The zero-order valence-electron chi connectivity index (χ0n) is 12.9. The first-order chi connectivity index (χ1) is 11.6. The smallest absolute Gasteiger partial charge is 0.325 e. The minimum absolute atomic E-state index is 0.0476. The Hall–Kier alpha value is -2.06. The molecule has 126 valence electrons. The molecule has 0 spiro atoms. The Morgan fingerprint density at radius 1 is 1.38 bits per heavy atom. The second kappa shape index (κ2) is 7.23. The van der Waals surface area contributed by atoms with Gasteiger partial charge in [0.1, 0.15) is 12.6 Å². The van der Waals surface area contributed by atoms with Gasteiger partial charge in [0.2, 0.25) is 11.8 Å². The van der Waals surface area contributed by atoms with Crippen LogP contribution in [0, 0.1) is 0 Å². The molecule has 3 rings (SSSR count). The van der Waals surface area contributed by atoms with Crippen molar-refractivity contribution in [2.24, 2.45) is 0 Å². The first-order valence-electron chi connectivity index (χ1n) is 7.27. The number of benzene rings is 1. The fourth-order valence-electron chi connectivity index (χ4n) is 2.35. The van der Waals surface area contributed by atoms with E-state index in [0.717, 1.165) is 10.7 Å². The SMILES string of the molecule is CSCCC1NC(=O)N(Cc2nnc(-c3cccc(Cl)c3)o2)C1=O. The van der Waals surface area contributed by atoms with Gasteiger partial charge in [0.15, 0.2) is 0 Å². The van der Waals surface area contributed by atoms with Gasteiger partial charge in [0.25, 0.3) is 5.91 Å². The largest absolute Gasteiger partial charge is 0.419 e. The zero-order chi connectivity index (χ0) is 17.1. The normalized spacial score (nSPS) is 17.4. The van der Waals surface area contributed by atoms with Crippen molar-refractivity contribution in [2.45, 2.75) is 19.0 Å². The molecule has 0 saturated carbocycles. The van der Waals surface area contributed by atoms with Crippen molar-refractivity contribution in [1.29, 1.82) is 0 Å². The van der Waals surface area contributed by atoms with Crippen LogP contribution in [0.25, 0.3) is 11.5 Å². The van der Waals surface area contributed by atoms with E-state index in [1.807, 2.05) is 6.26 Å². The number of imide groups is 1. The third kappa shape index (κ3) is 3.54. The standard InChI is InChI=1S/C15H15ClN4O3S/c1-24-6-5-11-14(21)20(15(22)17-11)8-12-18-19-13(23-12)9-3-2-4-10(16)7-9/h2-4,7,11H,5-6,8H2,1H3,(H,17,22). The summed E-state index contributed by atoms with van der Waals surface area (Å²) in [4.78, 5) is 25.3. The number of hydrogen-bond donors (Lipinski definition) is 1. The summed E-state index contributed by atoms with van der Waals surface area (Å²) in [5, 5.41) is 11.1. The Morgan fingerprint density at radius 3 is 2.96 bits per heavy atom. The highest BCUT2D eigenvalue weighted by Crippen LogP contribution is 2.22. The summed E-state index contributed by atoms with van der Waals surface area (Å²) in [6, 6.07) is 6.08. The maximum Gasteiger partial charge on any atom is 0.325 e. The fraction of sp³-hybridized carbons (Fsp3) is 0.333. The Balaban J connectivity index is 1.71. The van der Waals surface area contributed by atoms with Gasteiger partial charge in [0, 0.05) is 10.6 Å². The van der Waals surface area contributed by atoms with Gasteiger partial charge in [-0.25, -0.2) is 4.79 Å². The molecule has 2 heterocycles. The number of carbonyl (C=O) groups excluding carboxylic acids is 2. The molecular formula is C15H15ClN4O3S. The number of urea groups is 1. The van der Waals surface area contributed by atoms with E-state index in [1.54, 1.807) is 36.0 Å². The molecule has 1 aliphatic rings. The summed E-state index contributed by atoms with van der Waals surface area (Å²) in [7, 11) is 0. The molecule has 1 fully saturated rings. The molecule has 1 aromatic carbocycles. The Kier molecular flexibility index (Phi) is 5.06. The average Bonchev–Trinajstić information content (AvgIpc) is 3.13. The molecule has 1 saturated heterocycles. The molecule has 1 atom stereocenters. The van der Waals surface area contributed by atoms with Crippen molar-refractivity contribution in [2.75, 3.05) is 12.0 Å². The van der Waals surface area contributed by atoms with E-state index in [4.69, 9.17) is 16.0 Å². The number of nitrogens with zero attached hydrogens (tertiary/aromatic N) is 3. The Bertz CT molecular complexity index is 767. The van der Waals surface area contributed by atoms with Gasteiger partial charge in [-0.1, -0.05) is 17.7 Å². The Morgan fingerprint density at radius 2 is 2.21 bits per heavy atom. The number of aromatic nitrogens is 2. The molecule has 0 aliphatic carbocycles. The second-order valence-corrected chi connectivity index (χ2v) is 6.64. The van der Waals surface area contributed by atoms with Gasteiger partial charge in [-0.2, -0.15) is 11.8 Å². The van der Waals surface area contributed by atoms with Crippen molar-refractivity contribution in [1.82, 2.24) is 20.4 Å². The number of hydrogen-bond acceptors (Lipinski definition) is 6. The van der Waals surface area contributed by atoms with Crippen molar-refractivity contribution in [3.8, 4) is 11.5 Å². The van der Waals surface area contributed by atoms with Crippen LogP contribution in [0.15, 0.2) is 28.7 Å². The van der Waals surface area contributed by atoms with Gasteiger partial charge in [0.05, 0.1) is 0 Å². The minimum atomic E-state index is -0.486. The summed E-state index contributed by atoms with van der Waals surface area (Å²) >= 11 is 7.56. The van der Waals surface area contributed by atoms with E-state index in [-0.39, 0.29) is 18.3 Å². The first-order valence-corrected chi connectivity index (χ1v) is 9.05. The highest BCUT2D eigenvalue weighted by molar-refractivity contribution is 7.98. The quantitative estimate of drug-likeness (QED) is 0.790. The summed E-state index contributed by atoms with van der Waals surface area (Å²) in [6.45, 7) is -0.0476. The molecule has 1 aromatic heterocycles. The van der Waals surface area contributed by atoms with E-state index in [2.05, 4.69) is 15.5 Å². The highest BCUT2D eigenvalue weighted by atomic mass is 35.5. The molecule has 1 aliphatic heterocycles. The van der Waals surface area contributed by atoms with Crippen LogP contribution in [0.4, 0.5) is 4.79 Å². The van der Waals surface area contributed by atoms with Crippen LogP contribution in [0.1, 0.15) is 12.3 Å². The average molecular weight is 367 g/mol. The molecule has 9 heteroatoms. The molecule has 3 amide bonds. The van der Waals surface area contributed by atoms with Crippen LogP contribution in [0.5, 0.6) is 0 Å². The monoisotopic (exact) mass is 366 g/mol. The molecular weight excluding hydrogens is 352 g/mol. The van der Waals surface area contributed by atoms with Crippen LogP contribution in [-0.4, -0.2) is 45.1 Å². The fourth-order valence-corrected chi connectivity index (χ4v) is 3.01. The van der Waals surface area contributed by atoms with Gasteiger partial charge >= 0.3 is 6.03 Å². The lowest BCUT2D eigenvalue weighted by Crippen LogP contribution is -2.31. The summed E-state index contributed by atoms with van der Waals surface area (Å²) in [5.74, 6) is 1.01. The van der Waals surface area contributed by atoms with Crippen LogP contribution in [0.2, 0.25) is 5.02 Å². The third-order valence-corrected chi connectivity index (χ3v) is 4.43. The molecule has 1 unspecified atom stereocenters. The number of amides is 3. The van der Waals surface area contributed by atoms with Crippen molar-refractivity contribution in [3.63, 3.8) is 0 Å². The minimum Gasteiger partial charge on any atom is -0.419 e. The molecule has 2 aromatic rings. The first kappa shape index (κ1) is 16.8. The van der Waals surface area contributed by atoms with Crippen LogP contribution in [-0.2, 0) is 11.3 Å². The summed E-state index contributed by atoms with van der Waals surface area (Å²) in [6.07, 6.45) is 2.55. The lowest BCUT2D eigenvalue weighted by molar-refractivity contribution is -0.128. The number of carbonyl (C=O) groups is 2. The van der Waals surface area contributed by atoms with Crippen molar-refractivity contribution in [3.05, 3.63) is 35.2 Å². The number of halogens is 1. The lowest BCUT2D eigenvalue weighted by atomic mass is 10.2. The zero-order valence-corrected chi connectivity index (χ0v) is 14.4. The highest BCUT2D eigenvalue weighted by Gasteiger charge is 2.38. The summed E-state index contributed by atoms with van der Waals surface area (Å²) < 4.78 is 5.54. The predicted molar refractivity (Wildman–Crippen MR) is 90.6 cm³/mol. The van der Waals surface area contributed by atoms with Gasteiger partial charge in [-0.05, 0) is 36.6 Å². The van der Waals surface area contributed by atoms with Gasteiger partial charge < -0.3 is 9.73 Å². The second-order valence-electron chi connectivity index (χ2n) is 5.22. The van der Waals surface area contributed by atoms with Crippen LogP contribution in [0.3, 0.4) is 0 Å². The molecule has 0 radical (unpaired) electrons.